The van der Waals surface area contributed by atoms with Gasteiger partial charge >= 0.3 is 5.97 Å². The fourth-order valence-corrected chi connectivity index (χ4v) is 2.26. The third kappa shape index (κ3) is 3.07. The predicted molar refractivity (Wildman–Crippen MR) is 73.1 cm³/mol. The van der Waals surface area contributed by atoms with Gasteiger partial charge in [-0.2, -0.15) is 0 Å². The third-order valence-electron chi connectivity index (χ3n) is 3.37. The Labute approximate surface area is 119 Å². The minimum Gasteiger partial charge on any atom is -0.478 e. The van der Waals surface area contributed by atoms with Crippen molar-refractivity contribution in [2.75, 3.05) is 0 Å². The van der Waals surface area contributed by atoms with Crippen molar-refractivity contribution in [3.63, 3.8) is 0 Å². The van der Waals surface area contributed by atoms with Crippen LogP contribution in [0.3, 0.4) is 0 Å². The molecule has 1 aliphatic carbocycles. The van der Waals surface area contributed by atoms with Crippen LogP contribution >= 0.6 is 0 Å². The van der Waals surface area contributed by atoms with Crippen LogP contribution in [0.15, 0.2) is 47.3 Å². The van der Waals surface area contributed by atoms with Crippen molar-refractivity contribution in [3.8, 4) is 0 Å². The van der Waals surface area contributed by atoms with Crippen molar-refractivity contribution in [1.29, 1.82) is 0 Å². The van der Waals surface area contributed by atoms with Crippen LogP contribution in [0.2, 0.25) is 0 Å². The van der Waals surface area contributed by atoms with Crippen molar-refractivity contribution in [3.05, 3.63) is 64.5 Å². The molecule has 1 aliphatic rings. The number of carbonyl (C=O) groups is 1. The average molecular weight is 294 g/mol. The molecule has 2 rings (SSSR count). The van der Waals surface area contributed by atoms with Gasteiger partial charge in [0.25, 0.3) is 0 Å². The van der Waals surface area contributed by atoms with Gasteiger partial charge in [0.1, 0.15) is 17.5 Å². The van der Waals surface area contributed by atoms with Crippen LogP contribution in [0, 0.1) is 11.6 Å². The molecule has 0 fully saturated rings. The van der Waals surface area contributed by atoms with Crippen LogP contribution in [-0.2, 0) is 4.79 Å². The van der Waals surface area contributed by atoms with E-state index in [1.165, 1.54) is 0 Å². The summed E-state index contributed by atoms with van der Waals surface area (Å²) in [7, 11) is 0. The van der Waals surface area contributed by atoms with E-state index in [2.05, 4.69) is 0 Å². The van der Waals surface area contributed by atoms with E-state index in [9.17, 15) is 18.0 Å². The number of carboxylic acids is 1. The highest BCUT2D eigenvalue weighted by molar-refractivity contribution is 5.92. The maximum atomic E-state index is 14.1. The van der Waals surface area contributed by atoms with E-state index in [-0.39, 0.29) is 23.1 Å². The van der Waals surface area contributed by atoms with E-state index in [4.69, 9.17) is 5.11 Å². The summed E-state index contributed by atoms with van der Waals surface area (Å²) >= 11 is 0. The first kappa shape index (κ1) is 15.1. The van der Waals surface area contributed by atoms with Crippen molar-refractivity contribution < 1.29 is 23.1 Å². The molecule has 1 N–H and O–H groups in total. The Bertz CT molecular complexity index is 685. The molecule has 0 amide bonds. The number of carboxylic acid groups (broad SMARTS) is 1. The third-order valence-corrected chi connectivity index (χ3v) is 3.37. The second kappa shape index (κ2) is 5.99. The average Bonchev–Trinajstić information content (AvgIpc) is 2.60. The molecule has 0 saturated heterocycles. The Morgan fingerprint density at radius 2 is 1.95 bits per heavy atom. The second-order valence-electron chi connectivity index (χ2n) is 4.64. The molecule has 0 spiro atoms. The van der Waals surface area contributed by atoms with Gasteiger partial charge in [0, 0.05) is 11.1 Å². The summed E-state index contributed by atoms with van der Waals surface area (Å²) in [6.45, 7) is 1.73. The quantitative estimate of drug-likeness (QED) is 0.897. The second-order valence-corrected chi connectivity index (χ2v) is 4.64. The van der Waals surface area contributed by atoms with Gasteiger partial charge in [-0.3, -0.25) is 0 Å². The molecular formula is C16H13F3O2. The number of aliphatic carboxylic acids is 1. The lowest BCUT2D eigenvalue weighted by molar-refractivity contribution is -0.132. The minimum atomic E-state index is -1.17. The number of halogens is 3. The van der Waals surface area contributed by atoms with Gasteiger partial charge in [-0.1, -0.05) is 12.5 Å². The molecule has 0 unspecified atom stereocenters. The standard InChI is InChI=1S/C16H13F3O2/c1-2-9-7-12(13-8-10(17)3-5-14(13)18)15(19)6-4-11(9)16(20)21/h3-6,8H,2,7H2,1H3,(H,20,21). The highest BCUT2D eigenvalue weighted by Gasteiger charge is 2.21. The Morgan fingerprint density at radius 1 is 1.24 bits per heavy atom. The lowest BCUT2D eigenvalue weighted by atomic mass is 9.94. The normalized spacial score (nSPS) is 15.4. The molecule has 0 radical (unpaired) electrons. The van der Waals surface area contributed by atoms with Crippen molar-refractivity contribution in [2.45, 2.75) is 19.8 Å². The van der Waals surface area contributed by atoms with E-state index in [0.717, 1.165) is 30.4 Å². The Balaban J connectivity index is 2.57. The molecule has 2 nitrogen and oxygen atoms in total. The Kier molecular flexibility index (Phi) is 4.31. The van der Waals surface area contributed by atoms with Crippen LogP contribution in [0.25, 0.3) is 5.57 Å². The van der Waals surface area contributed by atoms with E-state index in [1.54, 1.807) is 6.92 Å². The smallest absolute Gasteiger partial charge is 0.335 e. The van der Waals surface area contributed by atoms with E-state index in [1.807, 2.05) is 0 Å². The number of hydrogen-bond acceptors (Lipinski definition) is 1. The van der Waals surface area contributed by atoms with Gasteiger partial charge in [-0.15, -0.1) is 0 Å². The highest BCUT2D eigenvalue weighted by atomic mass is 19.1. The Morgan fingerprint density at radius 3 is 2.57 bits per heavy atom. The van der Waals surface area contributed by atoms with Crippen LogP contribution in [0.5, 0.6) is 0 Å². The highest BCUT2D eigenvalue weighted by Crippen LogP contribution is 2.34. The number of hydrogen-bond donors (Lipinski definition) is 1. The first-order chi connectivity index (χ1) is 9.93. The summed E-state index contributed by atoms with van der Waals surface area (Å²) in [6.07, 6.45) is 2.43. The fourth-order valence-electron chi connectivity index (χ4n) is 2.26. The molecule has 5 heteroatoms. The van der Waals surface area contributed by atoms with Crippen molar-refractivity contribution in [2.24, 2.45) is 0 Å². The number of benzene rings is 1. The number of allylic oxidation sites excluding steroid dienone is 4. The molecule has 0 aromatic heterocycles. The van der Waals surface area contributed by atoms with Gasteiger partial charge in [0.05, 0.1) is 5.57 Å². The monoisotopic (exact) mass is 294 g/mol. The summed E-state index contributed by atoms with van der Waals surface area (Å²) in [4.78, 5) is 11.2. The van der Waals surface area contributed by atoms with E-state index < -0.39 is 23.4 Å². The molecule has 0 atom stereocenters. The summed E-state index contributed by atoms with van der Waals surface area (Å²) < 4.78 is 41.2. The molecule has 1 aromatic carbocycles. The van der Waals surface area contributed by atoms with Gasteiger partial charge in [0.2, 0.25) is 0 Å². The first-order valence-electron chi connectivity index (χ1n) is 6.41. The van der Waals surface area contributed by atoms with Crippen LogP contribution < -0.4 is 0 Å². The van der Waals surface area contributed by atoms with Crippen LogP contribution in [0.1, 0.15) is 25.3 Å². The summed E-state index contributed by atoms with van der Waals surface area (Å²) in [5, 5.41) is 9.12. The SMILES string of the molecule is CCC1=C(C(=O)O)C=CC(F)=C(c2cc(F)ccc2F)C1. The molecule has 0 saturated carbocycles. The zero-order valence-corrected chi connectivity index (χ0v) is 11.3. The van der Waals surface area contributed by atoms with E-state index >= 15 is 0 Å². The lowest BCUT2D eigenvalue weighted by Gasteiger charge is -2.11. The molecular weight excluding hydrogens is 281 g/mol. The van der Waals surface area contributed by atoms with Crippen molar-refractivity contribution >= 4 is 11.5 Å². The topological polar surface area (TPSA) is 37.3 Å². The molecule has 0 heterocycles. The van der Waals surface area contributed by atoms with Crippen molar-refractivity contribution in [1.82, 2.24) is 0 Å². The molecule has 0 bridgehead atoms. The lowest BCUT2D eigenvalue weighted by Crippen LogP contribution is -2.02. The van der Waals surface area contributed by atoms with Gasteiger partial charge in [0.15, 0.2) is 0 Å². The number of rotatable bonds is 3. The van der Waals surface area contributed by atoms with Crippen LogP contribution in [0.4, 0.5) is 13.2 Å². The molecule has 1 aromatic rings. The molecule has 21 heavy (non-hydrogen) atoms. The van der Waals surface area contributed by atoms with Crippen LogP contribution in [-0.4, -0.2) is 11.1 Å². The zero-order valence-electron chi connectivity index (χ0n) is 11.3. The van der Waals surface area contributed by atoms with Gasteiger partial charge in [-0.05, 0) is 43.2 Å². The maximum Gasteiger partial charge on any atom is 0.335 e. The summed E-state index contributed by atoms with van der Waals surface area (Å²) in [5.41, 5.74) is 0.218. The fraction of sp³-hybridized carbons (Fsp3) is 0.188. The Hall–Kier alpha value is -2.30. The maximum absolute atomic E-state index is 14.1. The minimum absolute atomic E-state index is 0.0144. The van der Waals surface area contributed by atoms with E-state index in [0.29, 0.717) is 12.0 Å². The van der Waals surface area contributed by atoms with Gasteiger partial charge in [-0.25, -0.2) is 18.0 Å². The predicted octanol–water partition coefficient (Wildman–Crippen LogP) is 4.40. The van der Waals surface area contributed by atoms with Gasteiger partial charge < -0.3 is 5.11 Å². The molecule has 0 aliphatic heterocycles. The zero-order chi connectivity index (χ0) is 15.6. The summed E-state index contributed by atoms with van der Waals surface area (Å²) in [5.74, 6) is -3.36. The largest absolute Gasteiger partial charge is 0.478 e. The molecule has 110 valence electrons. The summed E-state index contributed by atoms with van der Waals surface area (Å²) in [6, 6.07) is 2.78. The first-order valence-corrected chi connectivity index (χ1v) is 6.41.